The van der Waals surface area contributed by atoms with Crippen molar-refractivity contribution in [3.05, 3.63) is 191 Å². The number of unbranched alkanes of at least 4 members (excludes halogenated alkanes) is 3. The van der Waals surface area contributed by atoms with Crippen LogP contribution in [0.3, 0.4) is 0 Å². The van der Waals surface area contributed by atoms with Crippen molar-refractivity contribution in [2.75, 3.05) is 14.7 Å². The molecule has 5 heteroatoms. The summed E-state index contributed by atoms with van der Waals surface area (Å²) in [5.41, 5.74) is 23.2. The Morgan fingerprint density at radius 3 is 1.39 bits per heavy atom. The van der Waals surface area contributed by atoms with Crippen molar-refractivity contribution in [2.45, 2.75) is 170 Å². The Morgan fingerprint density at radius 2 is 0.886 bits per heavy atom. The first-order valence-electron chi connectivity index (χ1n) is 29.4. The summed E-state index contributed by atoms with van der Waals surface area (Å²) < 4.78 is 2.57. The average molecular weight is 1060 g/mol. The lowest BCUT2D eigenvalue weighted by molar-refractivity contribution is 0.590. The van der Waals surface area contributed by atoms with Crippen LogP contribution >= 0.6 is 11.3 Å². The Labute approximate surface area is 478 Å². The van der Waals surface area contributed by atoms with E-state index in [0.717, 1.165) is 24.2 Å². The molecule has 0 fully saturated rings. The largest absolute Gasteiger partial charge is 0.311 e. The maximum atomic E-state index is 2.70. The highest BCUT2D eigenvalue weighted by molar-refractivity contribution is 7.26. The number of thiophene rings is 1. The van der Waals surface area contributed by atoms with Crippen LogP contribution in [0, 0.1) is 0 Å². The highest BCUT2D eigenvalue weighted by atomic mass is 32.1. The standard InChI is InChI=1S/C74H84BN3S/c1-17-18-19-20-23-48-44-64-68-65(45-48)78(61-41-33-53(74(14,15)16)47-59(61)75(68)58-46-52(73(11,12)13)32-40-60(58)77(64)56-38-30-51(31-39-56)72(8,9)10)63-43-42-62(67-57-24-21-22-25-66(57)79-69(63)67)76(54-34-26-49(27-35-54)70(2,3)4)55-36-28-50(29-37-55)71(5,6)7/h21-22,24-47H,17-20,23H2,1-16H3. The monoisotopic (exact) mass is 1060 g/mol. The minimum Gasteiger partial charge on any atom is -0.311 e. The normalized spacial score (nSPS) is 13.7. The molecule has 0 spiro atoms. The third-order valence-corrected chi connectivity index (χ3v) is 18.3. The number of benzene rings is 8. The Bertz CT molecular complexity index is 3670. The molecule has 9 aromatic rings. The van der Waals surface area contributed by atoms with E-state index in [9.17, 15) is 0 Å². The van der Waals surface area contributed by atoms with Gasteiger partial charge in [-0.2, -0.15) is 0 Å². The van der Waals surface area contributed by atoms with Crippen molar-refractivity contribution in [3.63, 3.8) is 0 Å². The van der Waals surface area contributed by atoms with Crippen molar-refractivity contribution in [3.8, 4) is 0 Å². The molecule has 2 aliphatic rings. The Balaban J connectivity index is 1.23. The summed E-state index contributed by atoms with van der Waals surface area (Å²) in [6.45, 7) is 37.3. The van der Waals surface area contributed by atoms with Crippen molar-refractivity contribution in [1.29, 1.82) is 0 Å². The lowest BCUT2D eigenvalue weighted by Crippen LogP contribution is -2.61. The molecule has 0 amide bonds. The first-order chi connectivity index (χ1) is 37.3. The van der Waals surface area contributed by atoms with Gasteiger partial charge in [-0.05, 0) is 169 Å². The summed E-state index contributed by atoms with van der Waals surface area (Å²) in [6, 6.07) is 62.3. The van der Waals surface area contributed by atoms with Crippen LogP contribution in [0.25, 0.3) is 20.2 Å². The van der Waals surface area contributed by atoms with Crippen LogP contribution in [-0.2, 0) is 33.5 Å². The fraction of sp³-hybridized carbons (Fsp3) is 0.351. The van der Waals surface area contributed by atoms with E-state index in [-0.39, 0.29) is 33.8 Å². The van der Waals surface area contributed by atoms with Crippen LogP contribution < -0.4 is 31.1 Å². The molecule has 0 atom stereocenters. The smallest absolute Gasteiger partial charge is 0.252 e. The fourth-order valence-electron chi connectivity index (χ4n) is 12.4. The molecule has 11 rings (SSSR count). The zero-order valence-corrected chi connectivity index (χ0v) is 51.2. The summed E-state index contributed by atoms with van der Waals surface area (Å²) in [5, 5.41) is 2.55. The van der Waals surface area contributed by atoms with Crippen molar-refractivity contribution in [2.24, 2.45) is 0 Å². The second-order valence-electron chi connectivity index (χ2n) is 28.1. The second-order valence-corrected chi connectivity index (χ2v) is 29.2. The summed E-state index contributed by atoms with van der Waals surface area (Å²) in [6.07, 6.45) is 5.87. The molecule has 0 saturated heterocycles. The zero-order chi connectivity index (χ0) is 56.1. The molecule has 0 unspecified atom stereocenters. The van der Waals surface area contributed by atoms with E-state index in [2.05, 4.69) is 283 Å². The van der Waals surface area contributed by atoms with E-state index in [1.165, 1.54) is 129 Å². The van der Waals surface area contributed by atoms with E-state index >= 15 is 0 Å². The van der Waals surface area contributed by atoms with Crippen LogP contribution in [0.2, 0.25) is 0 Å². The summed E-state index contributed by atoms with van der Waals surface area (Å²) in [4.78, 5) is 7.85. The first kappa shape index (κ1) is 54.4. The van der Waals surface area contributed by atoms with Crippen molar-refractivity contribution >= 4 is 106 Å². The molecule has 8 aromatic carbocycles. The van der Waals surface area contributed by atoms with Gasteiger partial charge in [-0.15, -0.1) is 11.3 Å². The predicted octanol–water partition coefficient (Wildman–Crippen LogP) is 20.2. The maximum Gasteiger partial charge on any atom is 0.252 e. The van der Waals surface area contributed by atoms with Crippen LogP contribution in [0.15, 0.2) is 158 Å². The molecule has 404 valence electrons. The van der Waals surface area contributed by atoms with Gasteiger partial charge in [-0.3, -0.25) is 0 Å². The molecule has 1 aromatic heterocycles. The zero-order valence-electron chi connectivity index (χ0n) is 50.4. The second kappa shape index (κ2) is 19.9. The molecule has 0 N–H and O–H groups in total. The maximum absolute atomic E-state index is 2.70. The Kier molecular flexibility index (Phi) is 13.7. The summed E-state index contributed by atoms with van der Waals surface area (Å²) in [7, 11) is 0. The van der Waals surface area contributed by atoms with Crippen LogP contribution in [-0.4, -0.2) is 6.71 Å². The van der Waals surface area contributed by atoms with Gasteiger partial charge in [0.2, 0.25) is 0 Å². The first-order valence-corrected chi connectivity index (χ1v) is 30.2. The van der Waals surface area contributed by atoms with E-state index < -0.39 is 0 Å². The summed E-state index contributed by atoms with van der Waals surface area (Å²) in [5.74, 6) is 0. The minimum absolute atomic E-state index is 0.00916. The molecule has 3 nitrogen and oxygen atoms in total. The molecule has 0 bridgehead atoms. The number of rotatable bonds is 10. The van der Waals surface area contributed by atoms with Gasteiger partial charge in [0.15, 0.2) is 0 Å². The van der Waals surface area contributed by atoms with E-state index in [4.69, 9.17) is 0 Å². The Hall–Kier alpha value is -6.56. The molecule has 0 saturated carbocycles. The molecular weight excluding hydrogens is 974 g/mol. The summed E-state index contributed by atoms with van der Waals surface area (Å²) >= 11 is 1.94. The number of hydrogen-bond donors (Lipinski definition) is 0. The average Bonchev–Trinajstić information content (AvgIpc) is 3.13. The van der Waals surface area contributed by atoms with E-state index in [1.54, 1.807) is 0 Å². The van der Waals surface area contributed by atoms with Gasteiger partial charge in [0.25, 0.3) is 6.71 Å². The third-order valence-electron chi connectivity index (χ3n) is 17.1. The molecule has 0 radical (unpaired) electrons. The topological polar surface area (TPSA) is 9.72 Å². The van der Waals surface area contributed by atoms with Crippen LogP contribution in [0.5, 0.6) is 0 Å². The van der Waals surface area contributed by atoms with Crippen LogP contribution in [0.1, 0.15) is 170 Å². The molecule has 79 heavy (non-hydrogen) atoms. The van der Waals surface area contributed by atoms with Gasteiger partial charge in [0, 0.05) is 55.3 Å². The number of hydrogen-bond acceptors (Lipinski definition) is 4. The molecule has 3 heterocycles. The fourth-order valence-corrected chi connectivity index (χ4v) is 13.6. The quantitative estimate of drug-likeness (QED) is 0.0998. The van der Waals surface area contributed by atoms with Gasteiger partial charge in [-0.1, -0.05) is 209 Å². The number of aryl methyl sites for hydroxylation is 1. The van der Waals surface area contributed by atoms with Gasteiger partial charge < -0.3 is 14.7 Å². The molecule has 2 aliphatic heterocycles. The van der Waals surface area contributed by atoms with Crippen molar-refractivity contribution in [1.82, 2.24) is 0 Å². The highest BCUT2D eigenvalue weighted by Crippen LogP contribution is 2.53. The molecular formula is C74H84BN3S. The predicted molar refractivity (Wildman–Crippen MR) is 349 cm³/mol. The van der Waals surface area contributed by atoms with E-state index in [0.29, 0.717) is 0 Å². The molecule has 0 aliphatic carbocycles. The van der Waals surface area contributed by atoms with Crippen LogP contribution in [0.4, 0.5) is 51.2 Å². The number of fused-ring (bicyclic) bond motifs is 7. The van der Waals surface area contributed by atoms with Gasteiger partial charge in [0.05, 0.1) is 16.1 Å². The van der Waals surface area contributed by atoms with Crippen molar-refractivity contribution < 1.29 is 0 Å². The van der Waals surface area contributed by atoms with Gasteiger partial charge in [0.1, 0.15) is 0 Å². The third kappa shape index (κ3) is 10.0. The minimum atomic E-state index is -0.0586. The Morgan fingerprint density at radius 1 is 0.430 bits per heavy atom. The van der Waals surface area contributed by atoms with E-state index in [1.807, 2.05) is 11.3 Å². The highest BCUT2D eigenvalue weighted by Gasteiger charge is 2.45. The SMILES string of the molecule is CCCCCCc1cc2c3c(c1)N(c1ccc(N(c4ccc(C(C)(C)C)cc4)c4ccc(C(C)(C)C)cc4)c4c1sc1ccccc14)c1ccc(C(C)(C)C)cc1B3c1cc(C(C)(C)C)ccc1N2c1ccc(C(C)(C)C)cc1. The van der Waals surface area contributed by atoms with Gasteiger partial charge in [-0.25, -0.2) is 0 Å². The lowest BCUT2D eigenvalue weighted by atomic mass is 9.33. The number of anilines is 9. The van der Waals surface area contributed by atoms with Gasteiger partial charge >= 0.3 is 0 Å². The number of nitrogens with zero attached hydrogens (tertiary/aromatic N) is 3. The lowest BCUT2D eigenvalue weighted by Gasteiger charge is -2.45.